The highest BCUT2D eigenvalue weighted by molar-refractivity contribution is 6.01. The standard InChI is InChI=1S/C27H35N7O6.C2H6/c1-37-11-8-29-20-13-22(30-15-19(20)14-28)31-27(36)34-9-5-6-17-12-18(16-33-10-7-21(38-2)25(33)35)23(32-24(17)34)26(39-3)40-4;1-2/h12-13,15,21,26H,5-11,16H2,1-4H3,(H2,29,30,31,36);1-2H3. The van der Waals surface area contributed by atoms with Crippen molar-refractivity contribution in [1.29, 1.82) is 5.26 Å². The number of carbonyl (C=O) groups excluding carboxylic acids is 2. The second-order valence-electron chi connectivity index (χ2n) is 9.42. The Balaban J connectivity index is 0.00000237. The van der Waals surface area contributed by atoms with Gasteiger partial charge in [-0.25, -0.2) is 14.8 Å². The number of urea groups is 1. The molecule has 2 aliphatic heterocycles. The van der Waals surface area contributed by atoms with Gasteiger partial charge in [0, 0.05) is 73.3 Å². The number of nitrogens with zero attached hydrogens (tertiary/aromatic N) is 5. The lowest BCUT2D eigenvalue weighted by atomic mass is 10.0. The first-order valence-corrected chi connectivity index (χ1v) is 14.0. The third-order valence-electron chi connectivity index (χ3n) is 6.95. The fraction of sp³-hybridized carbons (Fsp3) is 0.552. The monoisotopic (exact) mass is 583 g/mol. The van der Waals surface area contributed by atoms with Gasteiger partial charge in [-0.2, -0.15) is 5.26 Å². The zero-order valence-corrected chi connectivity index (χ0v) is 25.2. The van der Waals surface area contributed by atoms with Gasteiger partial charge < -0.3 is 29.2 Å². The number of methoxy groups -OCH3 is 4. The summed E-state index contributed by atoms with van der Waals surface area (Å²) in [6, 6.07) is 5.28. The first-order valence-electron chi connectivity index (χ1n) is 14.0. The molecule has 4 heterocycles. The average molecular weight is 584 g/mol. The average Bonchev–Trinajstić information content (AvgIpc) is 3.37. The van der Waals surface area contributed by atoms with Crippen LogP contribution in [0, 0.1) is 11.3 Å². The minimum Gasteiger partial charge on any atom is -0.383 e. The summed E-state index contributed by atoms with van der Waals surface area (Å²) in [6.45, 7) is 6.31. The number of pyridine rings is 2. The van der Waals surface area contributed by atoms with Crippen molar-refractivity contribution in [1.82, 2.24) is 14.9 Å². The maximum atomic E-state index is 13.5. The maximum Gasteiger partial charge on any atom is 0.328 e. The van der Waals surface area contributed by atoms with Gasteiger partial charge in [0.1, 0.15) is 29.5 Å². The maximum absolute atomic E-state index is 13.5. The van der Waals surface area contributed by atoms with Crippen LogP contribution in [0.4, 0.5) is 22.1 Å². The van der Waals surface area contributed by atoms with Crippen molar-refractivity contribution in [3.8, 4) is 6.07 Å². The van der Waals surface area contributed by atoms with Gasteiger partial charge in [-0.3, -0.25) is 15.0 Å². The predicted octanol–water partition coefficient (Wildman–Crippen LogP) is 3.46. The zero-order chi connectivity index (χ0) is 30.6. The summed E-state index contributed by atoms with van der Waals surface area (Å²) in [4.78, 5) is 38.6. The lowest BCUT2D eigenvalue weighted by molar-refractivity contribution is -0.136. The Morgan fingerprint density at radius 2 is 1.95 bits per heavy atom. The van der Waals surface area contributed by atoms with Crippen molar-refractivity contribution in [2.45, 2.75) is 52.0 Å². The van der Waals surface area contributed by atoms with E-state index in [9.17, 15) is 14.9 Å². The van der Waals surface area contributed by atoms with E-state index in [2.05, 4.69) is 21.7 Å². The van der Waals surface area contributed by atoms with Gasteiger partial charge in [0.05, 0.1) is 17.9 Å². The Morgan fingerprint density at radius 3 is 2.60 bits per heavy atom. The number of nitriles is 1. The molecule has 2 aromatic heterocycles. The van der Waals surface area contributed by atoms with Crippen molar-refractivity contribution in [2.24, 2.45) is 0 Å². The van der Waals surface area contributed by atoms with Crippen LogP contribution in [0.25, 0.3) is 0 Å². The van der Waals surface area contributed by atoms with Crippen LogP contribution in [0.2, 0.25) is 0 Å². The van der Waals surface area contributed by atoms with E-state index >= 15 is 0 Å². The lowest BCUT2D eigenvalue weighted by Crippen LogP contribution is -2.40. The van der Waals surface area contributed by atoms with Crippen LogP contribution in [-0.4, -0.2) is 87.6 Å². The third-order valence-corrected chi connectivity index (χ3v) is 6.95. The van der Waals surface area contributed by atoms with Crippen LogP contribution in [0.1, 0.15) is 55.4 Å². The fourth-order valence-electron chi connectivity index (χ4n) is 4.92. The predicted molar refractivity (Wildman–Crippen MR) is 157 cm³/mol. The molecule has 0 aliphatic carbocycles. The summed E-state index contributed by atoms with van der Waals surface area (Å²) in [5, 5.41) is 15.4. The SMILES string of the molecule is CC.COCCNc1cc(NC(=O)N2CCCc3cc(CN4CCC(OC)C4=O)c(C(OC)OC)nc32)ncc1C#N. The van der Waals surface area contributed by atoms with Crippen molar-refractivity contribution in [2.75, 3.05) is 70.2 Å². The van der Waals surface area contributed by atoms with Crippen LogP contribution >= 0.6 is 0 Å². The quantitative estimate of drug-likeness (QED) is 0.297. The molecule has 2 aromatic rings. The third kappa shape index (κ3) is 7.51. The second kappa shape index (κ2) is 16.0. The molecule has 1 saturated heterocycles. The van der Waals surface area contributed by atoms with Crippen LogP contribution in [-0.2, 0) is 36.7 Å². The van der Waals surface area contributed by atoms with Gasteiger partial charge in [0.25, 0.3) is 5.91 Å². The molecule has 4 rings (SSSR count). The second-order valence-corrected chi connectivity index (χ2v) is 9.42. The molecular formula is C29H41N7O6. The Morgan fingerprint density at radius 1 is 1.19 bits per heavy atom. The molecule has 1 atom stereocenters. The number of anilines is 3. The molecule has 2 N–H and O–H groups in total. The van der Waals surface area contributed by atoms with E-state index in [1.54, 1.807) is 23.0 Å². The van der Waals surface area contributed by atoms with Crippen LogP contribution in [0.15, 0.2) is 18.3 Å². The van der Waals surface area contributed by atoms with E-state index in [4.69, 9.17) is 23.9 Å². The summed E-state index contributed by atoms with van der Waals surface area (Å²) < 4.78 is 21.4. The highest BCUT2D eigenvalue weighted by atomic mass is 16.7. The largest absolute Gasteiger partial charge is 0.383 e. The number of hydrogen-bond donors (Lipinski definition) is 2. The molecule has 2 aliphatic rings. The van der Waals surface area contributed by atoms with Crippen molar-refractivity contribution in [3.05, 3.63) is 40.7 Å². The van der Waals surface area contributed by atoms with Gasteiger partial charge >= 0.3 is 6.03 Å². The van der Waals surface area contributed by atoms with E-state index in [0.717, 1.165) is 24.0 Å². The van der Waals surface area contributed by atoms with Crippen LogP contribution in [0.5, 0.6) is 0 Å². The Kier molecular flexibility index (Phi) is 12.4. The number of amides is 3. The normalized spacial score (nSPS) is 16.0. The van der Waals surface area contributed by atoms with E-state index in [-0.39, 0.29) is 5.91 Å². The zero-order valence-electron chi connectivity index (χ0n) is 25.2. The molecule has 3 amide bonds. The number of rotatable bonds is 11. The molecule has 0 saturated carbocycles. The summed E-state index contributed by atoms with van der Waals surface area (Å²) in [5.74, 6) is 0.723. The molecule has 0 radical (unpaired) electrons. The van der Waals surface area contributed by atoms with Gasteiger partial charge in [-0.1, -0.05) is 13.8 Å². The number of aryl methyl sites for hydroxylation is 1. The highest BCUT2D eigenvalue weighted by Gasteiger charge is 2.34. The van der Waals surface area contributed by atoms with Crippen molar-refractivity contribution < 1.29 is 28.5 Å². The van der Waals surface area contributed by atoms with Crippen molar-refractivity contribution in [3.63, 3.8) is 0 Å². The summed E-state index contributed by atoms with van der Waals surface area (Å²) in [7, 11) is 6.16. The first-order chi connectivity index (χ1) is 20.4. The van der Waals surface area contributed by atoms with Gasteiger partial charge in [0.15, 0.2) is 0 Å². The number of carbonyl (C=O) groups is 2. The van der Waals surface area contributed by atoms with Gasteiger partial charge in [-0.05, 0) is 30.0 Å². The van der Waals surface area contributed by atoms with Gasteiger partial charge in [-0.15, -0.1) is 0 Å². The molecule has 228 valence electrons. The minimum absolute atomic E-state index is 0.0652. The summed E-state index contributed by atoms with van der Waals surface area (Å²) in [6.07, 6.45) is 2.26. The number of aromatic nitrogens is 2. The Bertz CT molecular complexity index is 1260. The molecule has 0 spiro atoms. The molecular weight excluding hydrogens is 542 g/mol. The van der Waals surface area contributed by atoms with E-state index in [1.807, 2.05) is 19.9 Å². The smallest absolute Gasteiger partial charge is 0.328 e. The lowest BCUT2D eigenvalue weighted by Gasteiger charge is -2.31. The molecule has 13 heteroatoms. The van der Waals surface area contributed by atoms with Crippen LogP contribution in [0.3, 0.4) is 0 Å². The highest BCUT2D eigenvalue weighted by Crippen LogP contribution is 2.33. The van der Waals surface area contributed by atoms with E-state index in [1.165, 1.54) is 27.5 Å². The Labute approximate surface area is 247 Å². The molecule has 42 heavy (non-hydrogen) atoms. The van der Waals surface area contributed by atoms with Crippen molar-refractivity contribution >= 4 is 29.3 Å². The molecule has 13 nitrogen and oxygen atoms in total. The molecule has 1 unspecified atom stereocenters. The minimum atomic E-state index is -0.788. The summed E-state index contributed by atoms with van der Waals surface area (Å²) in [5.41, 5.74) is 3.08. The van der Waals surface area contributed by atoms with Gasteiger partial charge in [0.2, 0.25) is 6.29 Å². The Hall–Kier alpha value is -3.83. The van der Waals surface area contributed by atoms with E-state index < -0.39 is 18.4 Å². The first kappa shape index (κ1) is 32.7. The number of nitrogens with one attached hydrogen (secondary N) is 2. The molecule has 0 bridgehead atoms. The van der Waals surface area contributed by atoms with Crippen LogP contribution < -0.4 is 15.5 Å². The van der Waals surface area contributed by atoms with E-state index in [0.29, 0.717) is 67.8 Å². The topological polar surface area (TPSA) is 151 Å². The number of fused-ring (bicyclic) bond motifs is 1. The number of hydrogen-bond acceptors (Lipinski definition) is 10. The summed E-state index contributed by atoms with van der Waals surface area (Å²) >= 11 is 0. The molecule has 1 fully saturated rings. The number of likely N-dealkylation sites (tertiary alicyclic amines) is 1. The fourth-order valence-corrected chi connectivity index (χ4v) is 4.92. The molecule has 0 aromatic carbocycles. The number of ether oxygens (including phenoxy) is 4.